The molecule has 6 nitrogen and oxygen atoms in total. The Balaban J connectivity index is 1.97. The number of amides is 1. The van der Waals surface area contributed by atoms with Gasteiger partial charge >= 0.3 is 5.97 Å². The molecule has 2 N–H and O–H groups in total. The molecule has 0 heterocycles. The Morgan fingerprint density at radius 1 is 1.17 bits per heavy atom. The fraction of sp³-hybridized carbons (Fsp3) is 0.125. The van der Waals surface area contributed by atoms with Gasteiger partial charge in [0.1, 0.15) is 5.56 Å². The van der Waals surface area contributed by atoms with E-state index in [1.165, 1.54) is 25.3 Å². The fourth-order valence-corrected chi connectivity index (χ4v) is 2.19. The highest BCUT2D eigenvalue weighted by molar-refractivity contribution is 9.10. The highest BCUT2D eigenvalue weighted by Crippen LogP contribution is 2.29. The molecule has 0 aliphatic heterocycles. The summed E-state index contributed by atoms with van der Waals surface area (Å²) >= 11 is 3.30. The van der Waals surface area contributed by atoms with Crippen LogP contribution in [0.4, 0.5) is 5.69 Å². The number of methoxy groups -OCH3 is 1. The number of hydrogen-bond acceptors (Lipinski definition) is 5. The number of esters is 1. The van der Waals surface area contributed by atoms with Gasteiger partial charge in [-0.1, -0.05) is 18.2 Å². The van der Waals surface area contributed by atoms with E-state index in [1.807, 2.05) is 6.07 Å². The average Bonchev–Trinajstić information content (AvgIpc) is 2.55. The number of halogens is 1. The van der Waals surface area contributed by atoms with E-state index in [0.29, 0.717) is 10.2 Å². The lowest BCUT2D eigenvalue weighted by atomic mass is 10.2. The van der Waals surface area contributed by atoms with Crippen molar-refractivity contribution in [3.05, 3.63) is 52.5 Å². The van der Waals surface area contributed by atoms with E-state index in [0.717, 1.165) is 0 Å². The molecule has 0 bridgehead atoms. The van der Waals surface area contributed by atoms with E-state index >= 15 is 0 Å². The average molecular weight is 380 g/mol. The van der Waals surface area contributed by atoms with Crippen LogP contribution in [-0.2, 0) is 9.53 Å². The van der Waals surface area contributed by atoms with Gasteiger partial charge in [-0.15, -0.1) is 0 Å². The molecule has 0 fully saturated rings. The predicted molar refractivity (Wildman–Crippen MR) is 87.7 cm³/mol. The second-order valence-corrected chi connectivity index (χ2v) is 5.31. The number of nitrogens with one attached hydrogen (secondary N) is 1. The first-order valence-electron chi connectivity index (χ1n) is 6.60. The molecule has 23 heavy (non-hydrogen) atoms. The first-order chi connectivity index (χ1) is 11.0. The zero-order valence-corrected chi connectivity index (χ0v) is 13.8. The van der Waals surface area contributed by atoms with Crippen LogP contribution in [0.3, 0.4) is 0 Å². The Morgan fingerprint density at radius 2 is 1.91 bits per heavy atom. The summed E-state index contributed by atoms with van der Waals surface area (Å²) in [5.74, 6) is -1.49. The normalized spacial score (nSPS) is 10.0. The van der Waals surface area contributed by atoms with Gasteiger partial charge in [-0.3, -0.25) is 4.79 Å². The molecule has 0 saturated heterocycles. The number of hydrogen-bond donors (Lipinski definition) is 2. The van der Waals surface area contributed by atoms with E-state index in [4.69, 9.17) is 9.47 Å². The quantitative estimate of drug-likeness (QED) is 0.780. The van der Waals surface area contributed by atoms with E-state index in [2.05, 4.69) is 21.2 Å². The van der Waals surface area contributed by atoms with E-state index < -0.39 is 18.5 Å². The molecule has 7 heteroatoms. The summed E-state index contributed by atoms with van der Waals surface area (Å²) in [6, 6.07) is 11.5. The molecule has 0 aromatic heterocycles. The Labute approximate surface area is 141 Å². The number of rotatable bonds is 5. The number of carbonyl (C=O) groups excluding carboxylic acids is 2. The topological polar surface area (TPSA) is 84.9 Å². The minimum Gasteiger partial charge on any atom is -0.504 e. The summed E-state index contributed by atoms with van der Waals surface area (Å²) in [5, 5.41) is 12.5. The smallest absolute Gasteiger partial charge is 0.342 e. The number of anilines is 1. The van der Waals surface area contributed by atoms with Gasteiger partial charge in [-0.05, 0) is 40.2 Å². The summed E-state index contributed by atoms with van der Waals surface area (Å²) in [6.45, 7) is -0.475. The highest BCUT2D eigenvalue weighted by Gasteiger charge is 2.17. The molecule has 1 amide bonds. The van der Waals surface area contributed by atoms with Crippen LogP contribution in [0.1, 0.15) is 10.4 Å². The summed E-state index contributed by atoms with van der Waals surface area (Å²) in [6.07, 6.45) is 0. The van der Waals surface area contributed by atoms with Crippen molar-refractivity contribution in [2.45, 2.75) is 0 Å². The standard InChI is InChI=1S/C16H14BrNO5/c1-22-13-8-4-5-10(15(13)20)16(21)23-9-14(19)18-12-7-3-2-6-11(12)17/h2-8,20H,9H2,1H3,(H,18,19). The molecule has 2 aromatic rings. The maximum Gasteiger partial charge on any atom is 0.342 e. The number of carbonyl (C=O) groups is 2. The Morgan fingerprint density at radius 3 is 2.61 bits per heavy atom. The molecular weight excluding hydrogens is 366 g/mol. The third-order valence-electron chi connectivity index (χ3n) is 2.92. The largest absolute Gasteiger partial charge is 0.504 e. The minimum atomic E-state index is -0.816. The van der Waals surface area contributed by atoms with Crippen molar-refractivity contribution in [1.82, 2.24) is 0 Å². The molecule has 0 atom stereocenters. The number of para-hydroxylation sites is 2. The van der Waals surface area contributed by atoms with Gasteiger partial charge < -0.3 is 19.9 Å². The molecule has 0 aliphatic carbocycles. The van der Waals surface area contributed by atoms with E-state index in [9.17, 15) is 14.7 Å². The van der Waals surface area contributed by atoms with Gasteiger partial charge in [-0.2, -0.15) is 0 Å². The molecule has 0 radical (unpaired) electrons. The van der Waals surface area contributed by atoms with Crippen LogP contribution in [0.5, 0.6) is 11.5 Å². The van der Waals surface area contributed by atoms with Crippen LogP contribution in [0.2, 0.25) is 0 Å². The number of aromatic hydroxyl groups is 1. The summed E-state index contributed by atoms with van der Waals surface area (Å²) in [7, 11) is 1.37. The second-order valence-electron chi connectivity index (χ2n) is 4.46. The highest BCUT2D eigenvalue weighted by atomic mass is 79.9. The van der Waals surface area contributed by atoms with Crippen molar-refractivity contribution < 1.29 is 24.2 Å². The van der Waals surface area contributed by atoms with Crippen molar-refractivity contribution in [3.8, 4) is 11.5 Å². The number of phenolic OH excluding ortho intramolecular Hbond substituents is 1. The lowest BCUT2D eigenvalue weighted by Crippen LogP contribution is -2.21. The van der Waals surface area contributed by atoms with Gasteiger partial charge in [0, 0.05) is 4.47 Å². The Hall–Kier alpha value is -2.54. The fourth-order valence-electron chi connectivity index (χ4n) is 1.81. The zero-order chi connectivity index (χ0) is 16.8. The third kappa shape index (κ3) is 4.23. The van der Waals surface area contributed by atoms with Gasteiger partial charge in [0.25, 0.3) is 5.91 Å². The van der Waals surface area contributed by atoms with Crippen LogP contribution >= 0.6 is 15.9 Å². The Bertz CT molecular complexity index is 732. The maximum absolute atomic E-state index is 11.9. The molecule has 0 aliphatic rings. The SMILES string of the molecule is COc1cccc(C(=O)OCC(=O)Nc2ccccc2Br)c1O. The molecular formula is C16H14BrNO5. The summed E-state index contributed by atoms with van der Waals surface area (Å²) < 4.78 is 10.5. The Kier molecular flexibility index (Phi) is 5.59. The molecule has 0 unspecified atom stereocenters. The van der Waals surface area contributed by atoms with Crippen molar-refractivity contribution in [1.29, 1.82) is 0 Å². The lowest BCUT2D eigenvalue weighted by molar-refractivity contribution is -0.119. The summed E-state index contributed by atoms with van der Waals surface area (Å²) in [5.41, 5.74) is 0.496. The summed E-state index contributed by atoms with van der Waals surface area (Å²) in [4.78, 5) is 23.7. The first-order valence-corrected chi connectivity index (χ1v) is 7.39. The van der Waals surface area contributed by atoms with Gasteiger partial charge in [0.15, 0.2) is 18.1 Å². The van der Waals surface area contributed by atoms with Crippen LogP contribution in [-0.4, -0.2) is 30.7 Å². The van der Waals surface area contributed by atoms with Crippen molar-refractivity contribution in [2.24, 2.45) is 0 Å². The van der Waals surface area contributed by atoms with Crippen LogP contribution in [0.25, 0.3) is 0 Å². The van der Waals surface area contributed by atoms with Gasteiger partial charge in [0.05, 0.1) is 12.8 Å². The van der Waals surface area contributed by atoms with Crippen LogP contribution < -0.4 is 10.1 Å². The van der Waals surface area contributed by atoms with Crippen LogP contribution in [0, 0.1) is 0 Å². The van der Waals surface area contributed by atoms with Crippen molar-refractivity contribution >= 4 is 33.5 Å². The number of phenols is 1. The monoisotopic (exact) mass is 379 g/mol. The molecule has 120 valence electrons. The minimum absolute atomic E-state index is 0.0713. The second kappa shape index (κ2) is 7.64. The predicted octanol–water partition coefficient (Wildman–Crippen LogP) is 2.96. The van der Waals surface area contributed by atoms with Crippen molar-refractivity contribution in [3.63, 3.8) is 0 Å². The third-order valence-corrected chi connectivity index (χ3v) is 3.61. The first kappa shape index (κ1) is 16.8. The number of ether oxygens (including phenoxy) is 2. The van der Waals surface area contributed by atoms with Gasteiger partial charge in [0.2, 0.25) is 0 Å². The van der Waals surface area contributed by atoms with Gasteiger partial charge in [-0.25, -0.2) is 4.79 Å². The number of benzene rings is 2. The molecule has 0 spiro atoms. The van der Waals surface area contributed by atoms with Crippen LogP contribution in [0.15, 0.2) is 46.9 Å². The maximum atomic E-state index is 11.9. The molecule has 0 saturated carbocycles. The van der Waals surface area contributed by atoms with Crippen molar-refractivity contribution in [2.75, 3.05) is 19.0 Å². The lowest BCUT2D eigenvalue weighted by Gasteiger charge is -2.10. The van der Waals surface area contributed by atoms with E-state index in [1.54, 1.807) is 18.2 Å². The molecule has 2 aromatic carbocycles. The molecule has 2 rings (SSSR count). The van der Waals surface area contributed by atoms with E-state index in [-0.39, 0.29) is 17.1 Å². The zero-order valence-electron chi connectivity index (χ0n) is 12.2.